The van der Waals surface area contributed by atoms with Crippen LogP contribution >= 0.6 is 11.3 Å². The third-order valence-electron chi connectivity index (χ3n) is 3.30. The lowest BCUT2D eigenvalue weighted by Crippen LogP contribution is -2.29. The minimum absolute atomic E-state index is 0.0382. The van der Waals surface area contributed by atoms with Gasteiger partial charge in [-0.3, -0.25) is 9.48 Å². The zero-order valence-electron chi connectivity index (χ0n) is 11.4. The van der Waals surface area contributed by atoms with E-state index in [0.717, 1.165) is 25.1 Å². The Labute approximate surface area is 122 Å². The maximum atomic E-state index is 11.7. The van der Waals surface area contributed by atoms with Gasteiger partial charge in [0.05, 0.1) is 11.9 Å². The first-order valence-corrected chi connectivity index (χ1v) is 7.67. The number of nitrogens with zero attached hydrogens (tertiary/aromatic N) is 2. The fourth-order valence-corrected chi connectivity index (χ4v) is 2.80. The molecule has 2 N–H and O–H groups in total. The third-order valence-corrected chi connectivity index (χ3v) is 4.33. The minimum atomic E-state index is 0.0382. The summed E-state index contributed by atoms with van der Waals surface area (Å²) in [4.78, 5) is 13.0. The average molecular weight is 290 g/mol. The maximum Gasteiger partial charge on any atom is 0.241 e. The van der Waals surface area contributed by atoms with Crippen molar-refractivity contribution in [2.75, 3.05) is 5.32 Å². The predicted octanol–water partition coefficient (Wildman–Crippen LogP) is 2.14. The summed E-state index contributed by atoms with van der Waals surface area (Å²) < 4.78 is 1.67. The van der Waals surface area contributed by atoms with Gasteiger partial charge < -0.3 is 10.6 Å². The average Bonchev–Trinajstić information content (AvgIpc) is 2.95. The first-order valence-electron chi connectivity index (χ1n) is 6.79. The molecule has 0 saturated heterocycles. The van der Waals surface area contributed by atoms with Crippen LogP contribution in [0.2, 0.25) is 0 Å². The number of nitrogens with one attached hydrogen (secondary N) is 2. The topological polar surface area (TPSA) is 59.0 Å². The second kappa shape index (κ2) is 5.66. The van der Waals surface area contributed by atoms with Crippen molar-refractivity contribution < 1.29 is 4.79 Å². The summed E-state index contributed by atoms with van der Waals surface area (Å²) in [5.74, 6) is 0.0382. The molecule has 106 valence electrons. The second-order valence-corrected chi connectivity index (χ2v) is 6.15. The van der Waals surface area contributed by atoms with Crippen molar-refractivity contribution in [3.63, 3.8) is 0 Å². The van der Waals surface area contributed by atoms with E-state index in [1.54, 1.807) is 22.2 Å². The molecule has 0 aromatic carbocycles. The fourth-order valence-electron chi connectivity index (χ4n) is 1.96. The number of aromatic nitrogens is 2. The van der Waals surface area contributed by atoms with Gasteiger partial charge in [-0.15, -0.1) is 11.3 Å². The quantitative estimate of drug-likeness (QED) is 0.857. The molecule has 5 nitrogen and oxygen atoms in total. The monoisotopic (exact) mass is 290 g/mol. The lowest BCUT2D eigenvalue weighted by molar-refractivity contribution is -0.122. The number of rotatable bonds is 6. The van der Waals surface area contributed by atoms with E-state index in [2.05, 4.69) is 34.1 Å². The van der Waals surface area contributed by atoms with E-state index in [9.17, 15) is 4.79 Å². The molecule has 2 heterocycles. The molecule has 20 heavy (non-hydrogen) atoms. The summed E-state index contributed by atoms with van der Waals surface area (Å²) in [6.45, 7) is 3.19. The number of anilines is 1. The largest absolute Gasteiger partial charge is 0.378 e. The molecule has 0 bridgehead atoms. The van der Waals surface area contributed by atoms with E-state index >= 15 is 0 Å². The standard InChI is InChI=1S/C14H18N4OS/c1-10-4-5-20-13(10)7-15-12-6-16-18(8-12)9-14(19)17-11-2-3-11/h4-6,8,11,15H,2-3,7,9H2,1H3,(H,17,19). The molecule has 0 aliphatic heterocycles. The molecule has 1 aliphatic rings. The van der Waals surface area contributed by atoms with Gasteiger partial charge in [0.15, 0.2) is 0 Å². The van der Waals surface area contributed by atoms with Crippen LogP contribution in [0.1, 0.15) is 23.3 Å². The first kappa shape index (κ1) is 13.2. The van der Waals surface area contributed by atoms with E-state index < -0.39 is 0 Å². The fraction of sp³-hybridized carbons (Fsp3) is 0.429. The molecule has 0 unspecified atom stereocenters. The number of carbonyl (C=O) groups excluding carboxylic acids is 1. The predicted molar refractivity (Wildman–Crippen MR) is 79.8 cm³/mol. The molecule has 6 heteroatoms. The van der Waals surface area contributed by atoms with Crippen LogP contribution in [0.5, 0.6) is 0 Å². The number of amides is 1. The molecule has 1 aliphatic carbocycles. The van der Waals surface area contributed by atoms with Gasteiger partial charge in [0.25, 0.3) is 0 Å². The molecule has 0 atom stereocenters. The normalized spacial score (nSPS) is 14.2. The molecule has 2 aromatic heterocycles. The van der Waals surface area contributed by atoms with E-state index in [1.807, 2.05) is 6.20 Å². The highest BCUT2D eigenvalue weighted by atomic mass is 32.1. The van der Waals surface area contributed by atoms with Crippen LogP contribution in [0, 0.1) is 6.92 Å². The van der Waals surface area contributed by atoms with Crippen LogP contribution in [-0.2, 0) is 17.9 Å². The van der Waals surface area contributed by atoms with Crippen molar-refractivity contribution in [3.8, 4) is 0 Å². The Morgan fingerprint density at radius 2 is 2.40 bits per heavy atom. The number of carbonyl (C=O) groups is 1. The highest BCUT2D eigenvalue weighted by molar-refractivity contribution is 7.10. The number of hydrogen-bond acceptors (Lipinski definition) is 4. The van der Waals surface area contributed by atoms with Gasteiger partial charge in [0.1, 0.15) is 6.54 Å². The van der Waals surface area contributed by atoms with Crippen molar-refractivity contribution in [1.82, 2.24) is 15.1 Å². The van der Waals surface area contributed by atoms with Crippen LogP contribution in [-0.4, -0.2) is 21.7 Å². The first-order chi connectivity index (χ1) is 9.70. The number of aryl methyl sites for hydroxylation is 1. The van der Waals surface area contributed by atoms with Crippen molar-refractivity contribution in [2.24, 2.45) is 0 Å². The SMILES string of the molecule is Cc1ccsc1CNc1cnn(CC(=O)NC2CC2)c1. The zero-order chi connectivity index (χ0) is 13.9. The molecular weight excluding hydrogens is 272 g/mol. The van der Waals surface area contributed by atoms with Crippen molar-refractivity contribution in [1.29, 1.82) is 0 Å². The number of thiophene rings is 1. The highest BCUT2D eigenvalue weighted by Gasteiger charge is 2.23. The van der Waals surface area contributed by atoms with Gasteiger partial charge in [-0.25, -0.2) is 0 Å². The van der Waals surface area contributed by atoms with Gasteiger partial charge in [-0.05, 0) is 36.8 Å². The minimum Gasteiger partial charge on any atom is -0.378 e. The molecule has 1 saturated carbocycles. The number of hydrogen-bond donors (Lipinski definition) is 2. The third kappa shape index (κ3) is 3.39. The van der Waals surface area contributed by atoms with Gasteiger partial charge in [0.2, 0.25) is 5.91 Å². The molecule has 0 spiro atoms. The Morgan fingerprint density at radius 1 is 1.55 bits per heavy atom. The Balaban J connectivity index is 1.51. The van der Waals surface area contributed by atoms with Crippen LogP contribution in [0.4, 0.5) is 5.69 Å². The Hall–Kier alpha value is -1.82. The van der Waals surface area contributed by atoms with Crippen molar-refractivity contribution >= 4 is 22.9 Å². The van der Waals surface area contributed by atoms with Crippen molar-refractivity contribution in [3.05, 3.63) is 34.3 Å². The molecular formula is C14H18N4OS. The van der Waals surface area contributed by atoms with E-state index in [0.29, 0.717) is 6.04 Å². The lowest BCUT2D eigenvalue weighted by Gasteiger charge is -2.03. The Morgan fingerprint density at radius 3 is 3.10 bits per heavy atom. The van der Waals surface area contributed by atoms with E-state index in [-0.39, 0.29) is 12.5 Å². The van der Waals surface area contributed by atoms with Crippen LogP contribution < -0.4 is 10.6 Å². The summed E-state index contributed by atoms with van der Waals surface area (Å²) in [5, 5.41) is 12.6. The molecule has 2 aromatic rings. The van der Waals surface area contributed by atoms with Gasteiger partial charge in [0, 0.05) is 23.7 Å². The lowest BCUT2D eigenvalue weighted by atomic mass is 10.3. The van der Waals surface area contributed by atoms with Crippen LogP contribution in [0.25, 0.3) is 0 Å². The molecule has 3 rings (SSSR count). The smallest absolute Gasteiger partial charge is 0.241 e. The van der Waals surface area contributed by atoms with Gasteiger partial charge in [-0.1, -0.05) is 0 Å². The Bertz CT molecular complexity index is 600. The molecule has 1 fully saturated rings. The van der Waals surface area contributed by atoms with Crippen LogP contribution in [0.15, 0.2) is 23.8 Å². The molecule has 1 amide bonds. The maximum absolute atomic E-state index is 11.7. The second-order valence-electron chi connectivity index (χ2n) is 5.15. The summed E-state index contributed by atoms with van der Waals surface area (Å²) in [5.41, 5.74) is 2.25. The van der Waals surface area contributed by atoms with Gasteiger partial charge in [-0.2, -0.15) is 5.10 Å². The molecule has 0 radical (unpaired) electrons. The highest BCUT2D eigenvalue weighted by Crippen LogP contribution is 2.19. The van der Waals surface area contributed by atoms with Crippen LogP contribution in [0.3, 0.4) is 0 Å². The summed E-state index contributed by atoms with van der Waals surface area (Å²) in [6.07, 6.45) is 5.85. The zero-order valence-corrected chi connectivity index (χ0v) is 12.2. The van der Waals surface area contributed by atoms with E-state index in [1.165, 1.54) is 10.4 Å². The van der Waals surface area contributed by atoms with E-state index in [4.69, 9.17) is 0 Å². The summed E-state index contributed by atoms with van der Waals surface area (Å²) >= 11 is 1.75. The van der Waals surface area contributed by atoms with Crippen molar-refractivity contribution in [2.45, 2.75) is 38.9 Å². The summed E-state index contributed by atoms with van der Waals surface area (Å²) in [6, 6.07) is 2.52. The summed E-state index contributed by atoms with van der Waals surface area (Å²) in [7, 11) is 0. The Kier molecular flexibility index (Phi) is 3.73. The van der Waals surface area contributed by atoms with Gasteiger partial charge >= 0.3 is 0 Å².